The maximum Gasteiger partial charge on any atom is 0.380 e. The van der Waals surface area contributed by atoms with Crippen molar-refractivity contribution in [3.63, 3.8) is 0 Å². The molecule has 0 saturated heterocycles. The van der Waals surface area contributed by atoms with Crippen molar-refractivity contribution in [2.24, 2.45) is 0 Å². The summed E-state index contributed by atoms with van der Waals surface area (Å²) in [5, 5.41) is -3.75. The first-order valence-corrected chi connectivity index (χ1v) is 4.02. The maximum absolute atomic E-state index is 12.2. The number of alkyl halides is 3. The predicted molar refractivity (Wildman–Crippen MR) is 46.0 cm³/mol. The molecule has 0 fully saturated rings. The van der Waals surface area contributed by atoms with Crippen molar-refractivity contribution in [1.29, 1.82) is 0 Å². The van der Waals surface area contributed by atoms with Crippen LogP contribution in [0.3, 0.4) is 0 Å². The second kappa shape index (κ2) is 3.83. The van der Waals surface area contributed by atoms with Crippen LogP contribution in [0.25, 0.3) is 0 Å². The molecule has 1 aromatic carbocycles. The van der Waals surface area contributed by atoms with Crippen LogP contribution >= 0.6 is 11.6 Å². The molecule has 0 aliphatic heterocycles. The zero-order valence-corrected chi connectivity index (χ0v) is 7.39. The SMILES string of the molecule is O=C(Cc1ccccc1)C(F)(F)Cl. The molecule has 0 radical (unpaired) electrons. The van der Waals surface area contributed by atoms with E-state index in [-0.39, 0.29) is 6.42 Å². The summed E-state index contributed by atoms with van der Waals surface area (Å²) < 4.78 is 24.4. The molecule has 0 aliphatic rings. The molecular weight excluding hydrogens is 198 g/mol. The Hall–Kier alpha value is -0.960. The number of rotatable bonds is 3. The lowest BCUT2D eigenvalue weighted by Crippen LogP contribution is -2.23. The summed E-state index contributed by atoms with van der Waals surface area (Å²) >= 11 is 4.55. The van der Waals surface area contributed by atoms with E-state index in [1.54, 1.807) is 30.3 Å². The number of carbonyl (C=O) groups excluding carboxylic acids is 1. The fourth-order valence-corrected chi connectivity index (χ4v) is 0.948. The van der Waals surface area contributed by atoms with Crippen molar-refractivity contribution in [2.75, 3.05) is 0 Å². The van der Waals surface area contributed by atoms with Gasteiger partial charge >= 0.3 is 5.38 Å². The molecule has 0 atom stereocenters. The van der Waals surface area contributed by atoms with Gasteiger partial charge in [0.2, 0.25) is 5.78 Å². The van der Waals surface area contributed by atoms with E-state index in [0.717, 1.165) is 0 Å². The summed E-state index contributed by atoms with van der Waals surface area (Å²) in [6.07, 6.45) is -0.336. The van der Waals surface area contributed by atoms with Gasteiger partial charge in [0, 0.05) is 6.42 Å². The summed E-state index contributed by atoms with van der Waals surface area (Å²) in [5.41, 5.74) is 0.535. The number of hydrogen-bond donors (Lipinski definition) is 0. The van der Waals surface area contributed by atoms with E-state index in [2.05, 4.69) is 11.6 Å². The second-order valence-corrected chi connectivity index (χ2v) is 3.06. The first-order chi connectivity index (χ1) is 6.00. The van der Waals surface area contributed by atoms with Gasteiger partial charge in [0.05, 0.1) is 0 Å². The van der Waals surface area contributed by atoms with Gasteiger partial charge in [-0.05, 0) is 17.2 Å². The average Bonchev–Trinajstić information content (AvgIpc) is 2.04. The Bertz CT molecular complexity index is 292. The molecule has 0 spiro atoms. The highest BCUT2D eigenvalue weighted by atomic mass is 35.5. The number of benzene rings is 1. The van der Waals surface area contributed by atoms with E-state index in [1.807, 2.05) is 0 Å². The second-order valence-electron chi connectivity index (χ2n) is 2.58. The van der Waals surface area contributed by atoms with Crippen LogP contribution in [-0.4, -0.2) is 11.2 Å². The van der Waals surface area contributed by atoms with E-state index in [9.17, 15) is 13.6 Å². The van der Waals surface area contributed by atoms with Crippen LogP contribution in [0, 0.1) is 0 Å². The van der Waals surface area contributed by atoms with Gasteiger partial charge in [-0.2, -0.15) is 8.78 Å². The van der Waals surface area contributed by atoms with Gasteiger partial charge < -0.3 is 0 Å². The third kappa shape index (κ3) is 3.11. The summed E-state index contributed by atoms with van der Waals surface area (Å²) in [4.78, 5) is 10.8. The Morgan fingerprint density at radius 2 is 1.85 bits per heavy atom. The smallest absolute Gasteiger partial charge is 0.291 e. The minimum absolute atomic E-state index is 0.336. The number of carbonyl (C=O) groups is 1. The third-order valence-corrected chi connectivity index (χ3v) is 1.73. The molecule has 13 heavy (non-hydrogen) atoms. The summed E-state index contributed by atoms with van der Waals surface area (Å²) in [6.45, 7) is 0. The summed E-state index contributed by atoms with van der Waals surface area (Å²) in [7, 11) is 0. The molecule has 0 aromatic heterocycles. The molecule has 1 nitrogen and oxygen atoms in total. The summed E-state index contributed by atoms with van der Waals surface area (Å²) in [5.74, 6) is -1.28. The number of ketones is 1. The van der Waals surface area contributed by atoms with Crippen molar-refractivity contribution < 1.29 is 13.6 Å². The quantitative estimate of drug-likeness (QED) is 0.692. The molecule has 0 amide bonds. The zero-order valence-electron chi connectivity index (χ0n) is 6.64. The molecule has 0 N–H and O–H groups in total. The van der Waals surface area contributed by atoms with E-state index in [0.29, 0.717) is 5.56 Å². The highest BCUT2D eigenvalue weighted by Gasteiger charge is 2.34. The fraction of sp³-hybridized carbons (Fsp3) is 0.222. The van der Waals surface area contributed by atoms with Crippen LogP contribution < -0.4 is 0 Å². The van der Waals surface area contributed by atoms with Gasteiger partial charge in [0.15, 0.2) is 0 Å². The standard InChI is InChI=1S/C9H7ClF2O/c10-9(11,12)8(13)6-7-4-2-1-3-5-7/h1-5H,6H2. The third-order valence-electron chi connectivity index (χ3n) is 1.52. The van der Waals surface area contributed by atoms with Crippen molar-refractivity contribution in [2.45, 2.75) is 11.8 Å². The molecule has 1 rings (SSSR count). The fourth-order valence-electron chi connectivity index (χ4n) is 0.881. The lowest BCUT2D eigenvalue weighted by atomic mass is 10.1. The van der Waals surface area contributed by atoms with Gasteiger partial charge in [-0.25, -0.2) is 0 Å². The van der Waals surface area contributed by atoms with Gasteiger partial charge in [0.1, 0.15) is 0 Å². The average molecular weight is 205 g/mol. The monoisotopic (exact) mass is 204 g/mol. The first kappa shape index (κ1) is 10.1. The van der Waals surface area contributed by atoms with Crippen LogP contribution in [0.15, 0.2) is 30.3 Å². The molecule has 0 heterocycles. The van der Waals surface area contributed by atoms with E-state index < -0.39 is 11.2 Å². The lowest BCUT2D eigenvalue weighted by molar-refractivity contribution is -0.132. The van der Waals surface area contributed by atoms with E-state index >= 15 is 0 Å². The topological polar surface area (TPSA) is 17.1 Å². The van der Waals surface area contributed by atoms with Crippen molar-refractivity contribution in [3.05, 3.63) is 35.9 Å². The van der Waals surface area contributed by atoms with Gasteiger partial charge in [0.25, 0.3) is 0 Å². The van der Waals surface area contributed by atoms with Gasteiger partial charge in [-0.15, -0.1) is 0 Å². The molecule has 70 valence electrons. The van der Waals surface area contributed by atoms with Gasteiger partial charge in [-0.1, -0.05) is 30.3 Å². The Labute approximate surface area is 79.3 Å². The molecule has 0 aliphatic carbocycles. The maximum atomic E-state index is 12.2. The zero-order chi connectivity index (χ0) is 9.90. The van der Waals surface area contributed by atoms with Crippen molar-refractivity contribution >= 4 is 17.4 Å². The highest BCUT2D eigenvalue weighted by molar-refractivity contribution is 6.32. The van der Waals surface area contributed by atoms with Crippen LogP contribution in [0.5, 0.6) is 0 Å². The van der Waals surface area contributed by atoms with Gasteiger partial charge in [-0.3, -0.25) is 4.79 Å². The summed E-state index contributed by atoms with van der Waals surface area (Å²) in [6, 6.07) is 8.29. The molecule has 0 bridgehead atoms. The molecule has 0 unspecified atom stereocenters. The molecule has 4 heteroatoms. The first-order valence-electron chi connectivity index (χ1n) is 3.64. The minimum Gasteiger partial charge on any atom is -0.291 e. The lowest BCUT2D eigenvalue weighted by Gasteiger charge is -2.05. The Morgan fingerprint density at radius 3 is 2.31 bits per heavy atom. The van der Waals surface area contributed by atoms with Crippen molar-refractivity contribution in [3.8, 4) is 0 Å². The van der Waals surface area contributed by atoms with E-state index in [4.69, 9.17) is 0 Å². The minimum atomic E-state index is -3.75. The van der Waals surface area contributed by atoms with Crippen LogP contribution in [0.1, 0.15) is 5.56 Å². The molecule has 1 aromatic rings. The largest absolute Gasteiger partial charge is 0.380 e. The van der Waals surface area contributed by atoms with Crippen LogP contribution in [-0.2, 0) is 11.2 Å². The van der Waals surface area contributed by atoms with E-state index in [1.165, 1.54) is 0 Å². The highest BCUT2D eigenvalue weighted by Crippen LogP contribution is 2.21. The predicted octanol–water partition coefficient (Wildman–Crippen LogP) is 2.63. The molecule has 0 saturated carbocycles. The van der Waals surface area contributed by atoms with Crippen LogP contribution in [0.2, 0.25) is 0 Å². The van der Waals surface area contributed by atoms with Crippen LogP contribution in [0.4, 0.5) is 8.78 Å². The normalized spacial score (nSPS) is 11.3. The number of hydrogen-bond acceptors (Lipinski definition) is 1. The molecular formula is C9H7ClF2O. The Balaban J connectivity index is 2.66. The number of Topliss-reactive ketones (excluding diaryl/α,β-unsaturated/α-hetero) is 1. The Morgan fingerprint density at radius 1 is 1.31 bits per heavy atom. The number of halogens is 3. The van der Waals surface area contributed by atoms with Crippen molar-refractivity contribution in [1.82, 2.24) is 0 Å². The Kier molecular flexibility index (Phi) is 2.98.